The molecule has 128 valence electrons. The zero-order chi connectivity index (χ0) is 17.9. The fourth-order valence-corrected chi connectivity index (χ4v) is 2.84. The number of hydrogen-bond acceptors (Lipinski definition) is 3. The lowest BCUT2D eigenvalue weighted by Gasteiger charge is -2.15. The lowest BCUT2D eigenvalue weighted by atomic mass is 10.2. The topological polar surface area (TPSA) is 46.9 Å². The van der Waals surface area contributed by atoms with Gasteiger partial charge in [0.25, 0.3) is 5.56 Å². The normalized spacial score (nSPS) is 10.8. The predicted octanol–water partition coefficient (Wildman–Crippen LogP) is 3.95. The third kappa shape index (κ3) is 3.07. The van der Waals surface area contributed by atoms with Gasteiger partial charge in [0.2, 0.25) is 0 Å². The van der Waals surface area contributed by atoms with Crippen molar-refractivity contribution in [2.24, 2.45) is 0 Å². The van der Waals surface area contributed by atoms with Gasteiger partial charge >= 0.3 is 0 Å². The first-order valence-corrected chi connectivity index (χ1v) is 8.28. The SMILES string of the molecule is O=c1c2ccccc2nc(-c2ccc(F)cc2)n1NCc1ccccc1. The predicted molar refractivity (Wildman–Crippen MR) is 101 cm³/mol. The second-order valence-electron chi connectivity index (χ2n) is 5.92. The second kappa shape index (κ2) is 6.80. The van der Waals surface area contributed by atoms with Crippen LogP contribution in [0.4, 0.5) is 4.39 Å². The Kier molecular flexibility index (Phi) is 4.19. The number of hydrogen-bond donors (Lipinski definition) is 1. The summed E-state index contributed by atoms with van der Waals surface area (Å²) in [5.74, 6) is 0.116. The zero-order valence-electron chi connectivity index (χ0n) is 13.9. The van der Waals surface area contributed by atoms with E-state index in [2.05, 4.69) is 10.4 Å². The summed E-state index contributed by atoms with van der Waals surface area (Å²) in [7, 11) is 0. The van der Waals surface area contributed by atoms with Crippen LogP contribution in [-0.2, 0) is 6.54 Å². The molecule has 26 heavy (non-hydrogen) atoms. The first kappa shape index (κ1) is 16.0. The lowest BCUT2D eigenvalue weighted by molar-refractivity contribution is 0.628. The third-order valence-corrected chi connectivity index (χ3v) is 4.16. The number of fused-ring (bicyclic) bond motifs is 1. The smallest absolute Gasteiger partial charge is 0.280 e. The Hall–Kier alpha value is -3.47. The van der Waals surface area contributed by atoms with Crippen molar-refractivity contribution in [3.8, 4) is 11.4 Å². The van der Waals surface area contributed by atoms with Gasteiger partial charge in [-0.3, -0.25) is 4.79 Å². The maximum atomic E-state index is 13.3. The molecule has 0 saturated heterocycles. The van der Waals surface area contributed by atoms with E-state index in [4.69, 9.17) is 0 Å². The molecule has 5 heteroatoms. The molecule has 0 spiro atoms. The van der Waals surface area contributed by atoms with Gasteiger partial charge in [-0.2, -0.15) is 0 Å². The van der Waals surface area contributed by atoms with Crippen molar-refractivity contribution in [1.82, 2.24) is 9.66 Å². The van der Waals surface area contributed by atoms with E-state index in [1.54, 1.807) is 24.3 Å². The standard InChI is InChI=1S/C21H16FN3O/c22-17-12-10-16(11-13-17)20-24-19-9-5-4-8-18(19)21(26)25(20)23-14-15-6-2-1-3-7-15/h1-13,23H,14H2. The Morgan fingerprint density at radius 3 is 2.35 bits per heavy atom. The van der Waals surface area contributed by atoms with Crippen LogP contribution in [0, 0.1) is 5.82 Å². The highest BCUT2D eigenvalue weighted by molar-refractivity contribution is 5.79. The minimum absolute atomic E-state index is 0.189. The first-order valence-electron chi connectivity index (χ1n) is 8.28. The van der Waals surface area contributed by atoms with Crippen molar-refractivity contribution < 1.29 is 4.39 Å². The van der Waals surface area contributed by atoms with Crippen molar-refractivity contribution in [2.75, 3.05) is 5.43 Å². The molecular formula is C21H16FN3O. The summed E-state index contributed by atoms with van der Waals surface area (Å²) >= 11 is 0. The Morgan fingerprint density at radius 1 is 0.885 bits per heavy atom. The average molecular weight is 345 g/mol. The first-order chi connectivity index (χ1) is 12.7. The molecule has 4 rings (SSSR count). The Labute approximate surface area is 149 Å². The van der Waals surface area contributed by atoms with E-state index in [1.807, 2.05) is 42.5 Å². The largest absolute Gasteiger partial charge is 0.317 e. The number of benzene rings is 3. The van der Waals surface area contributed by atoms with Gasteiger partial charge in [-0.1, -0.05) is 42.5 Å². The molecule has 1 heterocycles. The van der Waals surface area contributed by atoms with Gasteiger partial charge in [0.15, 0.2) is 5.82 Å². The monoisotopic (exact) mass is 345 g/mol. The van der Waals surface area contributed by atoms with Crippen molar-refractivity contribution in [1.29, 1.82) is 0 Å². The summed E-state index contributed by atoms with van der Waals surface area (Å²) in [6.07, 6.45) is 0. The molecule has 0 bridgehead atoms. The van der Waals surface area contributed by atoms with Gasteiger partial charge in [0, 0.05) is 5.56 Å². The van der Waals surface area contributed by atoms with Gasteiger partial charge in [-0.05, 0) is 42.0 Å². The summed E-state index contributed by atoms with van der Waals surface area (Å²) in [5, 5.41) is 0.527. The van der Waals surface area contributed by atoms with Crippen LogP contribution in [0.1, 0.15) is 5.56 Å². The molecule has 0 amide bonds. The van der Waals surface area contributed by atoms with Crippen molar-refractivity contribution >= 4 is 10.9 Å². The fourth-order valence-electron chi connectivity index (χ4n) is 2.84. The minimum atomic E-state index is -0.333. The molecule has 4 nitrogen and oxygen atoms in total. The summed E-state index contributed by atoms with van der Waals surface area (Å²) in [4.78, 5) is 17.6. The maximum absolute atomic E-state index is 13.3. The number of rotatable bonds is 4. The van der Waals surface area contributed by atoms with Crippen LogP contribution in [0.2, 0.25) is 0 Å². The summed E-state index contributed by atoms with van der Waals surface area (Å²) in [6.45, 7) is 0.467. The van der Waals surface area contributed by atoms with E-state index in [-0.39, 0.29) is 11.4 Å². The molecule has 0 atom stereocenters. The highest BCUT2D eigenvalue weighted by Gasteiger charge is 2.12. The molecule has 0 unspecified atom stereocenters. The van der Waals surface area contributed by atoms with Crippen LogP contribution in [-0.4, -0.2) is 9.66 Å². The van der Waals surface area contributed by atoms with Gasteiger partial charge in [0.05, 0.1) is 17.4 Å². The molecule has 0 radical (unpaired) electrons. The van der Waals surface area contributed by atoms with E-state index in [0.717, 1.165) is 5.56 Å². The van der Waals surface area contributed by atoms with Crippen LogP contribution < -0.4 is 11.0 Å². The molecule has 0 aliphatic rings. The van der Waals surface area contributed by atoms with Crippen LogP contribution >= 0.6 is 0 Å². The fraction of sp³-hybridized carbons (Fsp3) is 0.0476. The van der Waals surface area contributed by atoms with Crippen molar-refractivity contribution in [3.05, 3.63) is 101 Å². The molecule has 0 aliphatic carbocycles. The summed E-state index contributed by atoms with van der Waals surface area (Å²) in [6, 6.07) is 22.9. The number of para-hydroxylation sites is 1. The van der Waals surface area contributed by atoms with Crippen molar-refractivity contribution in [2.45, 2.75) is 6.54 Å². The van der Waals surface area contributed by atoms with E-state index in [0.29, 0.717) is 28.8 Å². The third-order valence-electron chi connectivity index (χ3n) is 4.16. The minimum Gasteiger partial charge on any atom is -0.317 e. The Morgan fingerprint density at radius 2 is 1.58 bits per heavy atom. The molecule has 0 fully saturated rings. The van der Waals surface area contributed by atoms with Crippen LogP contribution in [0.15, 0.2) is 83.7 Å². The van der Waals surface area contributed by atoms with E-state index >= 15 is 0 Å². The molecule has 1 N–H and O–H groups in total. The van der Waals surface area contributed by atoms with Gasteiger partial charge < -0.3 is 5.43 Å². The molecule has 1 aromatic heterocycles. The van der Waals surface area contributed by atoms with Gasteiger partial charge in [-0.15, -0.1) is 0 Å². The van der Waals surface area contributed by atoms with Crippen molar-refractivity contribution in [3.63, 3.8) is 0 Å². The van der Waals surface area contributed by atoms with Crippen LogP contribution in [0.5, 0.6) is 0 Å². The Balaban J connectivity index is 1.85. The molecule has 3 aromatic carbocycles. The van der Waals surface area contributed by atoms with Gasteiger partial charge in [-0.25, -0.2) is 14.1 Å². The average Bonchev–Trinajstić information content (AvgIpc) is 2.69. The second-order valence-corrected chi connectivity index (χ2v) is 5.92. The summed E-state index contributed by atoms with van der Waals surface area (Å²) in [5.41, 5.74) is 5.27. The maximum Gasteiger partial charge on any atom is 0.280 e. The molecule has 0 aliphatic heterocycles. The zero-order valence-corrected chi connectivity index (χ0v) is 13.9. The highest BCUT2D eigenvalue weighted by atomic mass is 19.1. The summed E-state index contributed by atoms with van der Waals surface area (Å²) < 4.78 is 14.7. The van der Waals surface area contributed by atoms with E-state index in [9.17, 15) is 9.18 Å². The number of aromatic nitrogens is 2. The van der Waals surface area contributed by atoms with E-state index < -0.39 is 0 Å². The van der Waals surface area contributed by atoms with Crippen LogP contribution in [0.3, 0.4) is 0 Å². The molecule has 0 saturated carbocycles. The highest BCUT2D eigenvalue weighted by Crippen LogP contribution is 2.19. The number of halogens is 1. The Bertz CT molecular complexity index is 1110. The van der Waals surface area contributed by atoms with Gasteiger partial charge in [0.1, 0.15) is 5.82 Å². The quantitative estimate of drug-likeness (QED) is 0.609. The molecule has 4 aromatic rings. The molecular weight excluding hydrogens is 329 g/mol. The van der Waals surface area contributed by atoms with Crippen LogP contribution in [0.25, 0.3) is 22.3 Å². The number of nitrogens with one attached hydrogen (secondary N) is 1. The lowest BCUT2D eigenvalue weighted by Crippen LogP contribution is -2.31. The van der Waals surface area contributed by atoms with E-state index in [1.165, 1.54) is 16.8 Å². The number of nitrogens with zero attached hydrogens (tertiary/aromatic N) is 2.